The summed E-state index contributed by atoms with van der Waals surface area (Å²) in [5, 5.41) is 15.0. The first-order valence-corrected chi connectivity index (χ1v) is 8.10. The molecule has 0 bridgehead atoms. The molecule has 2 N–H and O–H groups in total. The van der Waals surface area contributed by atoms with Crippen molar-refractivity contribution in [3.8, 4) is 11.4 Å². The third-order valence-electron chi connectivity index (χ3n) is 3.58. The van der Waals surface area contributed by atoms with Crippen LogP contribution in [0.25, 0.3) is 5.69 Å². The summed E-state index contributed by atoms with van der Waals surface area (Å²) in [7, 11) is 0. The van der Waals surface area contributed by atoms with Gasteiger partial charge in [-0.3, -0.25) is 9.59 Å². The van der Waals surface area contributed by atoms with E-state index in [-0.39, 0.29) is 6.61 Å². The number of hydrogen-bond donors (Lipinski definition) is 2. The van der Waals surface area contributed by atoms with Gasteiger partial charge in [-0.05, 0) is 46.8 Å². The first-order valence-electron chi connectivity index (χ1n) is 8.10. The molecule has 0 aliphatic rings. The third-order valence-corrected chi connectivity index (χ3v) is 3.58. The van der Waals surface area contributed by atoms with Crippen LogP contribution in [-0.4, -0.2) is 45.2 Å². The predicted octanol–water partition coefficient (Wildman–Crippen LogP) is 1.21. The van der Waals surface area contributed by atoms with Gasteiger partial charge in [-0.25, -0.2) is 17.9 Å². The van der Waals surface area contributed by atoms with Crippen LogP contribution < -0.4 is 15.4 Å². The number of nitrogens with zero attached hydrogens (tertiary/aromatic N) is 4. The van der Waals surface area contributed by atoms with Gasteiger partial charge in [0.25, 0.3) is 5.91 Å². The van der Waals surface area contributed by atoms with Gasteiger partial charge >= 0.3 is 0 Å². The van der Waals surface area contributed by atoms with Gasteiger partial charge in [0.1, 0.15) is 12.1 Å². The Balaban J connectivity index is 1.44. The molecule has 0 spiro atoms. The number of carbonyl (C=O) groups excluding carboxylic acids is 2. The minimum absolute atomic E-state index is 0.378. The quantitative estimate of drug-likeness (QED) is 0.571. The van der Waals surface area contributed by atoms with Gasteiger partial charge in [0.2, 0.25) is 5.91 Å². The van der Waals surface area contributed by atoms with E-state index in [9.17, 15) is 22.8 Å². The molecule has 9 nitrogen and oxygen atoms in total. The van der Waals surface area contributed by atoms with Gasteiger partial charge in [-0.1, -0.05) is 0 Å². The summed E-state index contributed by atoms with van der Waals surface area (Å²) in [5.41, 5.74) is 0.148. The van der Waals surface area contributed by atoms with Gasteiger partial charge < -0.3 is 15.4 Å². The van der Waals surface area contributed by atoms with Crippen LogP contribution in [0.15, 0.2) is 42.7 Å². The van der Waals surface area contributed by atoms with E-state index in [1.165, 1.54) is 11.0 Å². The average molecular weight is 406 g/mol. The molecule has 3 aromatic rings. The second-order valence-corrected chi connectivity index (χ2v) is 5.58. The van der Waals surface area contributed by atoms with Gasteiger partial charge in [0.15, 0.2) is 24.1 Å². The number of tetrazole rings is 1. The van der Waals surface area contributed by atoms with E-state index >= 15 is 0 Å². The molecule has 0 atom stereocenters. The number of carbonyl (C=O) groups is 2. The number of hydrogen-bond acceptors (Lipinski definition) is 6. The maximum atomic E-state index is 13.5. The molecule has 3 rings (SSSR count). The number of ether oxygens (including phenoxy) is 1. The van der Waals surface area contributed by atoms with Crippen molar-refractivity contribution < 1.29 is 27.5 Å². The maximum Gasteiger partial charge on any atom is 0.258 e. The number of amides is 2. The standard InChI is InChI=1S/C17H13F3N6O3/c18-12-5-6-13(17(20)16(12)19)23-14(27)7-21-15(28)8-29-11-3-1-10(2-4-11)26-9-22-24-25-26/h1-6,9H,7-8H2,(H,21,28)(H,23,27). The number of aromatic nitrogens is 4. The fraction of sp³-hybridized carbons (Fsp3) is 0.118. The van der Waals surface area contributed by atoms with Gasteiger partial charge in [-0.15, -0.1) is 5.10 Å². The Morgan fingerprint density at radius 3 is 2.45 bits per heavy atom. The van der Waals surface area contributed by atoms with E-state index in [1.807, 2.05) is 5.32 Å². The first-order chi connectivity index (χ1) is 13.9. The Morgan fingerprint density at radius 1 is 1.00 bits per heavy atom. The molecule has 29 heavy (non-hydrogen) atoms. The van der Waals surface area contributed by atoms with E-state index in [0.717, 1.165) is 6.07 Å². The van der Waals surface area contributed by atoms with Crippen LogP contribution in [0.2, 0.25) is 0 Å². The molecule has 0 saturated heterocycles. The summed E-state index contributed by atoms with van der Waals surface area (Å²) in [6, 6.07) is 8.09. The highest BCUT2D eigenvalue weighted by Crippen LogP contribution is 2.19. The highest BCUT2D eigenvalue weighted by Gasteiger charge is 2.15. The molecule has 150 valence electrons. The van der Waals surface area contributed by atoms with Crippen LogP contribution in [0.5, 0.6) is 5.75 Å². The van der Waals surface area contributed by atoms with Crippen molar-refractivity contribution >= 4 is 17.5 Å². The topological polar surface area (TPSA) is 111 Å². The Morgan fingerprint density at radius 2 is 1.76 bits per heavy atom. The summed E-state index contributed by atoms with van der Waals surface area (Å²) in [6.07, 6.45) is 1.42. The second-order valence-electron chi connectivity index (χ2n) is 5.58. The van der Waals surface area contributed by atoms with Crippen LogP contribution >= 0.6 is 0 Å². The summed E-state index contributed by atoms with van der Waals surface area (Å²) < 4.78 is 46.2. The Labute approximate surface area is 161 Å². The molecule has 0 aliphatic carbocycles. The van der Waals surface area contributed by atoms with Crippen LogP contribution in [0.4, 0.5) is 18.9 Å². The van der Waals surface area contributed by atoms with E-state index < -0.39 is 41.5 Å². The molecule has 0 saturated carbocycles. The summed E-state index contributed by atoms with van der Waals surface area (Å²) in [5.74, 6) is -5.66. The molecule has 1 aromatic heterocycles. The summed E-state index contributed by atoms with van der Waals surface area (Å²) in [6.45, 7) is -0.893. The highest BCUT2D eigenvalue weighted by atomic mass is 19.2. The predicted molar refractivity (Wildman–Crippen MR) is 92.6 cm³/mol. The lowest BCUT2D eigenvalue weighted by Gasteiger charge is -2.09. The largest absolute Gasteiger partial charge is 0.484 e. The van der Waals surface area contributed by atoms with Crippen LogP contribution in [0.3, 0.4) is 0 Å². The van der Waals surface area contributed by atoms with Crippen molar-refractivity contribution in [1.82, 2.24) is 25.5 Å². The van der Waals surface area contributed by atoms with Gasteiger partial charge in [-0.2, -0.15) is 0 Å². The van der Waals surface area contributed by atoms with Gasteiger partial charge in [0, 0.05) is 0 Å². The van der Waals surface area contributed by atoms with Crippen LogP contribution in [0, 0.1) is 17.5 Å². The summed E-state index contributed by atoms with van der Waals surface area (Å²) >= 11 is 0. The molecule has 12 heteroatoms. The zero-order valence-electron chi connectivity index (χ0n) is 14.6. The molecule has 1 heterocycles. The lowest BCUT2D eigenvalue weighted by molar-refractivity contribution is -0.125. The van der Waals surface area contributed by atoms with Crippen molar-refractivity contribution in [2.45, 2.75) is 0 Å². The minimum Gasteiger partial charge on any atom is -0.484 e. The fourth-order valence-electron chi connectivity index (χ4n) is 2.17. The average Bonchev–Trinajstić information content (AvgIpc) is 3.26. The molecule has 0 radical (unpaired) electrons. The van der Waals surface area contributed by atoms with Gasteiger partial charge in [0.05, 0.1) is 17.9 Å². The number of halogens is 3. The maximum absolute atomic E-state index is 13.5. The lowest BCUT2D eigenvalue weighted by Crippen LogP contribution is -2.36. The molecule has 0 fully saturated rings. The highest BCUT2D eigenvalue weighted by molar-refractivity contribution is 5.94. The van der Waals surface area contributed by atoms with E-state index in [2.05, 4.69) is 20.8 Å². The smallest absolute Gasteiger partial charge is 0.258 e. The zero-order valence-corrected chi connectivity index (χ0v) is 14.6. The second kappa shape index (κ2) is 8.82. The molecule has 0 aliphatic heterocycles. The molecule has 2 amide bonds. The van der Waals surface area contributed by atoms with Crippen molar-refractivity contribution in [3.05, 3.63) is 60.2 Å². The number of rotatable bonds is 7. The SMILES string of the molecule is O=C(COc1ccc(-n2cnnn2)cc1)NCC(=O)Nc1ccc(F)c(F)c1F. The normalized spacial score (nSPS) is 10.4. The first kappa shape index (κ1) is 19.8. The molecular weight excluding hydrogens is 393 g/mol. The van der Waals surface area contributed by atoms with Crippen molar-refractivity contribution in [1.29, 1.82) is 0 Å². The fourth-order valence-corrected chi connectivity index (χ4v) is 2.17. The number of benzene rings is 2. The zero-order chi connectivity index (χ0) is 20.8. The molecular formula is C17H13F3N6O3. The van der Waals surface area contributed by atoms with Crippen molar-refractivity contribution in [2.24, 2.45) is 0 Å². The van der Waals surface area contributed by atoms with E-state index in [4.69, 9.17) is 4.74 Å². The lowest BCUT2D eigenvalue weighted by atomic mass is 10.2. The number of anilines is 1. The minimum atomic E-state index is -1.70. The molecule has 2 aromatic carbocycles. The third kappa shape index (κ3) is 5.06. The Hall–Kier alpha value is -3.96. The molecule has 0 unspecified atom stereocenters. The van der Waals surface area contributed by atoms with Crippen molar-refractivity contribution in [2.75, 3.05) is 18.5 Å². The van der Waals surface area contributed by atoms with E-state index in [0.29, 0.717) is 17.5 Å². The van der Waals surface area contributed by atoms with Crippen molar-refractivity contribution in [3.63, 3.8) is 0 Å². The van der Waals surface area contributed by atoms with E-state index in [1.54, 1.807) is 24.3 Å². The monoisotopic (exact) mass is 406 g/mol. The van der Waals surface area contributed by atoms with Crippen LogP contribution in [0.1, 0.15) is 0 Å². The summed E-state index contributed by atoms with van der Waals surface area (Å²) in [4.78, 5) is 23.5. The number of nitrogens with one attached hydrogen (secondary N) is 2. The Bertz CT molecular complexity index is 1010. The van der Waals surface area contributed by atoms with Crippen LogP contribution in [-0.2, 0) is 9.59 Å². The Kier molecular flexibility index (Phi) is 6.02.